The average Bonchev–Trinajstić information content (AvgIpc) is 3.06. The summed E-state index contributed by atoms with van der Waals surface area (Å²) >= 11 is 0. The van der Waals surface area contributed by atoms with Crippen molar-refractivity contribution < 1.29 is 4.39 Å². The first-order chi connectivity index (χ1) is 13.6. The third-order valence-corrected chi connectivity index (χ3v) is 5.22. The van der Waals surface area contributed by atoms with E-state index in [4.69, 9.17) is 5.10 Å². The number of nitrogens with one attached hydrogen (secondary N) is 1. The van der Waals surface area contributed by atoms with Gasteiger partial charge in [0, 0.05) is 44.2 Å². The number of halogens is 1. The Balaban J connectivity index is 1.63. The third-order valence-electron chi connectivity index (χ3n) is 5.22. The van der Waals surface area contributed by atoms with Crippen LogP contribution < -0.4 is 5.32 Å². The number of rotatable bonds is 6. The molecule has 0 bridgehead atoms. The molecule has 1 N–H and O–H groups in total. The summed E-state index contributed by atoms with van der Waals surface area (Å²) in [5.41, 5.74) is 5.89. The van der Waals surface area contributed by atoms with Crippen molar-refractivity contribution in [3.8, 4) is 5.69 Å². The van der Waals surface area contributed by atoms with Crippen LogP contribution in [-0.4, -0.2) is 27.3 Å². The lowest BCUT2D eigenvalue weighted by atomic mass is 10.0. The standard InChI is InChI=1S/C23H27FN4/c1-17(2)25-14-22-21-16-27(15-18-6-4-3-5-7-18)13-12-23(21)28(26-22)20-10-8-19(24)9-11-20/h3-11,17,25H,12-16H2,1-2H3. The monoisotopic (exact) mass is 378 g/mol. The van der Waals surface area contributed by atoms with Crippen molar-refractivity contribution in [1.29, 1.82) is 0 Å². The minimum Gasteiger partial charge on any atom is -0.309 e. The van der Waals surface area contributed by atoms with Crippen molar-refractivity contribution in [2.75, 3.05) is 6.54 Å². The van der Waals surface area contributed by atoms with Crippen LogP contribution in [0.5, 0.6) is 0 Å². The zero-order valence-electron chi connectivity index (χ0n) is 16.5. The van der Waals surface area contributed by atoms with Crippen LogP contribution in [0.4, 0.5) is 4.39 Å². The number of hydrogen-bond acceptors (Lipinski definition) is 3. The topological polar surface area (TPSA) is 33.1 Å². The Morgan fingerprint density at radius 1 is 1.07 bits per heavy atom. The van der Waals surface area contributed by atoms with Crippen LogP contribution in [0.1, 0.15) is 36.4 Å². The highest BCUT2D eigenvalue weighted by molar-refractivity contribution is 5.39. The Kier molecular flexibility index (Phi) is 5.55. The van der Waals surface area contributed by atoms with Crippen molar-refractivity contribution in [3.63, 3.8) is 0 Å². The van der Waals surface area contributed by atoms with Gasteiger partial charge in [0.1, 0.15) is 5.82 Å². The fourth-order valence-electron chi connectivity index (χ4n) is 3.76. The molecule has 0 saturated heterocycles. The average molecular weight is 378 g/mol. The molecule has 1 aromatic heterocycles. The quantitative estimate of drug-likeness (QED) is 0.702. The van der Waals surface area contributed by atoms with E-state index in [9.17, 15) is 4.39 Å². The second-order valence-corrected chi connectivity index (χ2v) is 7.74. The molecule has 3 aromatic rings. The number of nitrogens with zero attached hydrogens (tertiary/aromatic N) is 3. The molecule has 1 aliphatic heterocycles. The molecule has 5 heteroatoms. The van der Waals surface area contributed by atoms with Crippen LogP contribution in [-0.2, 0) is 26.1 Å². The second-order valence-electron chi connectivity index (χ2n) is 7.74. The van der Waals surface area contributed by atoms with Gasteiger partial charge in [0.25, 0.3) is 0 Å². The molecule has 146 valence electrons. The van der Waals surface area contributed by atoms with E-state index < -0.39 is 0 Å². The van der Waals surface area contributed by atoms with Gasteiger partial charge in [-0.05, 0) is 29.8 Å². The lowest BCUT2D eigenvalue weighted by Gasteiger charge is -2.28. The van der Waals surface area contributed by atoms with Gasteiger partial charge in [0.05, 0.1) is 17.1 Å². The first kappa shape index (κ1) is 18.8. The van der Waals surface area contributed by atoms with Crippen LogP contribution in [0.25, 0.3) is 5.69 Å². The van der Waals surface area contributed by atoms with E-state index in [1.807, 2.05) is 4.68 Å². The molecule has 0 saturated carbocycles. The molecule has 0 fully saturated rings. The number of fused-ring (bicyclic) bond motifs is 1. The van der Waals surface area contributed by atoms with Crippen LogP contribution in [0.2, 0.25) is 0 Å². The Hall–Kier alpha value is -2.50. The van der Waals surface area contributed by atoms with Crippen LogP contribution in [0.3, 0.4) is 0 Å². The first-order valence-electron chi connectivity index (χ1n) is 9.95. The van der Waals surface area contributed by atoms with E-state index >= 15 is 0 Å². The zero-order chi connectivity index (χ0) is 19.5. The third kappa shape index (κ3) is 4.16. The molecule has 4 nitrogen and oxygen atoms in total. The summed E-state index contributed by atoms with van der Waals surface area (Å²) in [6, 6.07) is 17.6. The molecular formula is C23H27FN4. The molecule has 0 unspecified atom stereocenters. The van der Waals surface area contributed by atoms with Gasteiger partial charge in [0.2, 0.25) is 0 Å². The minimum atomic E-state index is -0.222. The number of aromatic nitrogens is 2. The van der Waals surface area contributed by atoms with Crippen LogP contribution in [0.15, 0.2) is 54.6 Å². The summed E-state index contributed by atoms with van der Waals surface area (Å²) in [6.45, 7) is 7.86. The highest BCUT2D eigenvalue weighted by atomic mass is 19.1. The van der Waals surface area contributed by atoms with Crippen molar-refractivity contribution in [3.05, 3.63) is 82.9 Å². The predicted molar refractivity (Wildman–Crippen MR) is 110 cm³/mol. The smallest absolute Gasteiger partial charge is 0.123 e. The largest absolute Gasteiger partial charge is 0.309 e. The van der Waals surface area contributed by atoms with Crippen molar-refractivity contribution in [1.82, 2.24) is 20.0 Å². The SMILES string of the molecule is CC(C)NCc1nn(-c2ccc(F)cc2)c2c1CN(Cc1ccccc1)CC2. The molecule has 2 aromatic carbocycles. The van der Waals surface area contributed by atoms with E-state index in [2.05, 4.69) is 54.4 Å². The Bertz CT molecular complexity index is 916. The maximum atomic E-state index is 13.4. The van der Waals surface area contributed by atoms with Crippen molar-refractivity contribution in [2.45, 2.75) is 45.9 Å². The van der Waals surface area contributed by atoms with Gasteiger partial charge in [-0.1, -0.05) is 44.2 Å². The maximum absolute atomic E-state index is 13.4. The van der Waals surface area contributed by atoms with Gasteiger partial charge in [0.15, 0.2) is 0 Å². The van der Waals surface area contributed by atoms with Gasteiger partial charge in [-0.25, -0.2) is 9.07 Å². The molecule has 0 aliphatic carbocycles. The summed E-state index contributed by atoms with van der Waals surface area (Å²) in [6.07, 6.45) is 0.939. The molecule has 0 spiro atoms. The van der Waals surface area contributed by atoms with E-state index in [-0.39, 0.29) is 5.82 Å². The fraction of sp³-hybridized carbons (Fsp3) is 0.348. The lowest BCUT2D eigenvalue weighted by molar-refractivity contribution is 0.243. The molecular weight excluding hydrogens is 351 g/mol. The summed E-state index contributed by atoms with van der Waals surface area (Å²) in [5, 5.41) is 8.41. The Morgan fingerprint density at radius 3 is 2.54 bits per heavy atom. The lowest BCUT2D eigenvalue weighted by Crippen LogP contribution is -2.31. The summed E-state index contributed by atoms with van der Waals surface area (Å²) < 4.78 is 15.4. The number of benzene rings is 2. The molecule has 4 rings (SSSR count). The molecule has 0 atom stereocenters. The molecule has 0 radical (unpaired) electrons. The highest BCUT2D eigenvalue weighted by Crippen LogP contribution is 2.26. The van der Waals surface area contributed by atoms with Gasteiger partial charge in [-0.2, -0.15) is 5.10 Å². The predicted octanol–water partition coefficient (Wildman–Crippen LogP) is 4.07. The minimum absolute atomic E-state index is 0.222. The van der Waals surface area contributed by atoms with Crippen LogP contribution >= 0.6 is 0 Å². The summed E-state index contributed by atoms with van der Waals surface area (Å²) in [4.78, 5) is 2.48. The van der Waals surface area contributed by atoms with E-state index in [0.29, 0.717) is 6.04 Å². The van der Waals surface area contributed by atoms with E-state index in [1.165, 1.54) is 29.0 Å². The normalized spacial score (nSPS) is 14.4. The van der Waals surface area contributed by atoms with Gasteiger partial charge < -0.3 is 5.32 Å². The zero-order valence-corrected chi connectivity index (χ0v) is 16.5. The molecule has 28 heavy (non-hydrogen) atoms. The summed E-state index contributed by atoms with van der Waals surface area (Å²) in [7, 11) is 0. The maximum Gasteiger partial charge on any atom is 0.123 e. The molecule has 2 heterocycles. The van der Waals surface area contributed by atoms with Crippen molar-refractivity contribution in [2.24, 2.45) is 0 Å². The van der Waals surface area contributed by atoms with Crippen LogP contribution in [0, 0.1) is 5.82 Å². The molecule has 1 aliphatic rings. The van der Waals surface area contributed by atoms with Gasteiger partial charge in [-0.15, -0.1) is 0 Å². The van der Waals surface area contributed by atoms with Gasteiger partial charge >= 0.3 is 0 Å². The molecule has 0 amide bonds. The number of hydrogen-bond donors (Lipinski definition) is 1. The fourth-order valence-corrected chi connectivity index (χ4v) is 3.76. The van der Waals surface area contributed by atoms with E-state index in [1.54, 1.807) is 12.1 Å². The second kappa shape index (κ2) is 8.25. The Morgan fingerprint density at radius 2 is 1.82 bits per heavy atom. The Labute approximate surface area is 166 Å². The van der Waals surface area contributed by atoms with Gasteiger partial charge in [-0.3, -0.25) is 4.90 Å². The highest BCUT2D eigenvalue weighted by Gasteiger charge is 2.25. The van der Waals surface area contributed by atoms with Crippen molar-refractivity contribution >= 4 is 0 Å². The van der Waals surface area contributed by atoms with E-state index in [0.717, 1.165) is 44.0 Å². The summed E-state index contributed by atoms with van der Waals surface area (Å²) in [5.74, 6) is -0.222. The first-order valence-corrected chi connectivity index (χ1v) is 9.95.